The number of rotatable bonds is 9. The van der Waals surface area contributed by atoms with Crippen LogP contribution >= 0.6 is 0 Å². The first-order valence-electron chi connectivity index (χ1n) is 7.20. The SMILES string of the molecule is COCCCOCCN1C(=O)CNC(=O)C1CC(C)C. The lowest BCUT2D eigenvalue weighted by molar-refractivity contribution is -0.147. The van der Waals surface area contributed by atoms with Gasteiger partial charge in [-0.15, -0.1) is 0 Å². The minimum Gasteiger partial charge on any atom is -0.385 e. The van der Waals surface area contributed by atoms with E-state index < -0.39 is 0 Å². The maximum absolute atomic E-state index is 11.9. The Bertz CT molecular complexity index is 320. The largest absolute Gasteiger partial charge is 0.385 e. The van der Waals surface area contributed by atoms with Crippen molar-refractivity contribution in [1.29, 1.82) is 0 Å². The van der Waals surface area contributed by atoms with Crippen LogP contribution in [-0.2, 0) is 19.1 Å². The Morgan fingerprint density at radius 3 is 2.70 bits per heavy atom. The van der Waals surface area contributed by atoms with E-state index in [-0.39, 0.29) is 24.4 Å². The third kappa shape index (κ3) is 5.46. The van der Waals surface area contributed by atoms with Gasteiger partial charge in [-0.2, -0.15) is 0 Å². The zero-order chi connectivity index (χ0) is 15.0. The Balaban J connectivity index is 2.41. The number of carbonyl (C=O) groups is 2. The van der Waals surface area contributed by atoms with E-state index in [1.54, 1.807) is 12.0 Å². The van der Waals surface area contributed by atoms with Crippen LogP contribution in [0.3, 0.4) is 0 Å². The highest BCUT2D eigenvalue weighted by Crippen LogP contribution is 2.15. The maximum Gasteiger partial charge on any atom is 0.243 e. The van der Waals surface area contributed by atoms with E-state index in [1.165, 1.54) is 0 Å². The van der Waals surface area contributed by atoms with E-state index in [1.807, 2.05) is 13.8 Å². The lowest BCUT2D eigenvalue weighted by atomic mass is 10.00. The summed E-state index contributed by atoms with van der Waals surface area (Å²) >= 11 is 0. The molecule has 2 amide bonds. The van der Waals surface area contributed by atoms with Crippen molar-refractivity contribution in [2.45, 2.75) is 32.7 Å². The number of piperazine rings is 1. The monoisotopic (exact) mass is 286 g/mol. The van der Waals surface area contributed by atoms with Gasteiger partial charge in [-0.05, 0) is 18.8 Å². The number of nitrogens with zero attached hydrogens (tertiary/aromatic N) is 1. The van der Waals surface area contributed by atoms with Gasteiger partial charge in [0, 0.05) is 26.9 Å². The molecule has 1 atom stereocenters. The zero-order valence-electron chi connectivity index (χ0n) is 12.7. The van der Waals surface area contributed by atoms with E-state index in [2.05, 4.69) is 5.32 Å². The molecule has 1 rings (SSSR count). The van der Waals surface area contributed by atoms with Crippen molar-refractivity contribution in [2.75, 3.05) is 40.0 Å². The second kappa shape index (κ2) is 8.92. The van der Waals surface area contributed by atoms with Gasteiger partial charge in [-0.25, -0.2) is 0 Å². The van der Waals surface area contributed by atoms with E-state index in [4.69, 9.17) is 9.47 Å². The number of ether oxygens (including phenoxy) is 2. The number of amides is 2. The number of methoxy groups -OCH3 is 1. The summed E-state index contributed by atoms with van der Waals surface area (Å²) in [4.78, 5) is 25.5. The van der Waals surface area contributed by atoms with Crippen molar-refractivity contribution in [3.8, 4) is 0 Å². The topological polar surface area (TPSA) is 67.9 Å². The Morgan fingerprint density at radius 2 is 2.05 bits per heavy atom. The molecular formula is C14H26N2O4. The average molecular weight is 286 g/mol. The molecule has 0 aliphatic carbocycles. The molecule has 1 unspecified atom stereocenters. The quantitative estimate of drug-likeness (QED) is 0.624. The molecule has 1 N–H and O–H groups in total. The molecule has 0 bridgehead atoms. The first-order chi connectivity index (χ1) is 9.56. The summed E-state index contributed by atoms with van der Waals surface area (Å²) in [5.41, 5.74) is 0. The highest BCUT2D eigenvalue weighted by molar-refractivity contribution is 5.94. The third-order valence-corrected chi connectivity index (χ3v) is 3.22. The van der Waals surface area contributed by atoms with Crippen LogP contribution in [0.15, 0.2) is 0 Å². The van der Waals surface area contributed by atoms with Gasteiger partial charge in [0.2, 0.25) is 11.8 Å². The second-order valence-electron chi connectivity index (χ2n) is 5.41. The molecule has 0 radical (unpaired) electrons. The zero-order valence-corrected chi connectivity index (χ0v) is 12.7. The van der Waals surface area contributed by atoms with Gasteiger partial charge in [0.05, 0.1) is 13.2 Å². The van der Waals surface area contributed by atoms with Crippen LogP contribution in [0.25, 0.3) is 0 Å². The molecule has 6 heteroatoms. The first kappa shape index (κ1) is 16.9. The van der Waals surface area contributed by atoms with Gasteiger partial charge in [0.15, 0.2) is 0 Å². The van der Waals surface area contributed by atoms with Gasteiger partial charge in [0.25, 0.3) is 0 Å². The van der Waals surface area contributed by atoms with Crippen molar-refractivity contribution in [3.63, 3.8) is 0 Å². The fraction of sp³-hybridized carbons (Fsp3) is 0.857. The summed E-state index contributed by atoms with van der Waals surface area (Å²) < 4.78 is 10.4. The third-order valence-electron chi connectivity index (χ3n) is 3.22. The molecule has 116 valence electrons. The molecule has 1 aliphatic rings. The van der Waals surface area contributed by atoms with Crippen LogP contribution in [0.4, 0.5) is 0 Å². The normalized spacial score (nSPS) is 19.6. The number of nitrogens with one attached hydrogen (secondary N) is 1. The van der Waals surface area contributed by atoms with E-state index in [9.17, 15) is 9.59 Å². The first-order valence-corrected chi connectivity index (χ1v) is 7.20. The summed E-state index contributed by atoms with van der Waals surface area (Å²) in [5.74, 6) is 0.273. The van der Waals surface area contributed by atoms with Crippen LogP contribution in [0, 0.1) is 5.92 Å². The maximum atomic E-state index is 11.9. The van der Waals surface area contributed by atoms with Gasteiger partial charge in [0.1, 0.15) is 6.04 Å². The Labute approximate surface area is 120 Å². The summed E-state index contributed by atoms with van der Waals surface area (Å²) in [6.07, 6.45) is 1.52. The fourth-order valence-corrected chi connectivity index (χ4v) is 2.23. The minimum atomic E-state index is -0.362. The Morgan fingerprint density at radius 1 is 1.30 bits per heavy atom. The highest BCUT2D eigenvalue weighted by Gasteiger charge is 2.34. The molecule has 0 aromatic rings. The molecule has 20 heavy (non-hydrogen) atoms. The van der Waals surface area contributed by atoms with Gasteiger partial charge in [-0.3, -0.25) is 9.59 Å². The lowest BCUT2D eigenvalue weighted by Gasteiger charge is -2.35. The molecule has 1 saturated heterocycles. The number of carbonyl (C=O) groups excluding carboxylic acids is 2. The standard InChI is InChI=1S/C14H26N2O4/c1-11(2)9-12-14(18)15-10-13(17)16(12)5-8-20-7-4-6-19-3/h11-12H,4-10H2,1-3H3,(H,15,18). The van der Waals surface area contributed by atoms with Crippen LogP contribution in [-0.4, -0.2) is 62.8 Å². The van der Waals surface area contributed by atoms with Gasteiger partial charge < -0.3 is 19.7 Å². The number of hydrogen-bond donors (Lipinski definition) is 1. The molecule has 1 heterocycles. The molecule has 0 aromatic heterocycles. The second-order valence-corrected chi connectivity index (χ2v) is 5.41. The Hall–Kier alpha value is -1.14. The highest BCUT2D eigenvalue weighted by atomic mass is 16.5. The summed E-state index contributed by atoms with van der Waals surface area (Å²) in [7, 11) is 1.65. The van der Waals surface area contributed by atoms with E-state index >= 15 is 0 Å². The van der Waals surface area contributed by atoms with E-state index in [0.717, 1.165) is 6.42 Å². The Kier molecular flexibility index (Phi) is 7.54. The molecule has 0 saturated carbocycles. The van der Waals surface area contributed by atoms with Crippen molar-refractivity contribution < 1.29 is 19.1 Å². The van der Waals surface area contributed by atoms with Crippen molar-refractivity contribution in [3.05, 3.63) is 0 Å². The molecule has 0 aromatic carbocycles. The van der Waals surface area contributed by atoms with Crippen LogP contribution in [0.2, 0.25) is 0 Å². The van der Waals surface area contributed by atoms with Crippen molar-refractivity contribution in [1.82, 2.24) is 10.2 Å². The molecule has 0 spiro atoms. The summed E-state index contributed by atoms with van der Waals surface area (Å²) in [6.45, 7) is 6.39. The van der Waals surface area contributed by atoms with Crippen molar-refractivity contribution in [2.24, 2.45) is 5.92 Å². The van der Waals surface area contributed by atoms with Crippen LogP contribution in [0.5, 0.6) is 0 Å². The number of hydrogen-bond acceptors (Lipinski definition) is 4. The average Bonchev–Trinajstić information content (AvgIpc) is 2.40. The predicted octanol–water partition coefficient (Wildman–Crippen LogP) is 0.413. The minimum absolute atomic E-state index is 0.0317. The van der Waals surface area contributed by atoms with Gasteiger partial charge >= 0.3 is 0 Å². The predicted molar refractivity (Wildman–Crippen MR) is 75.3 cm³/mol. The summed E-state index contributed by atoms with van der Waals surface area (Å²) in [6, 6.07) is -0.362. The fourth-order valence-electron chi connectivity index (χ4n) is 2.23. The van der Waals surface area contributed by atoms with Crippen LogP contribution in [0.1, 0.15) is 26.7 Å². The molecule has 1 fully saturated rings. The molecular weight excluding hydrogens is 260 g/mol. The van der Waals surface area contributed by atoms with Crippen LogP contribution < -0.4 is 5.32 Å². The lowest BCUT2D eigenvalue weighted by Crippen LogP contribution is -2.59. The van der Waals surface area contributed by atoms with E-state index in [0.29, 0.717) is 38.7 Å². The van der Waals surface area contributed by atoms with Gasteiger partial charge in [-0.1, -0.05) is 13.8 Å². The summed E-state index contributed by atoms with van der Waals surface area (Å²) in [5, 5.41) is 2.65. The smallest absolute Gasteiger partial charge is 0.243 e. The molecule has 1 aliphatic heterocycles. The van der Waals surface area contributed by atoms with Crippen molar-refractivity contribution >= 4 is 11.8 Å². The molecule has 6 nitrogen and oxygen atoms in total.